The summed E-state index contributed by atoms with van der Waals surface area (Å²) in [6.07, 6.45) is 2.99. The highest BCUT2D eigenvalue weighted by Gasteiger charge is 2.49. The number of hydrogen-bond donors (Lipinski definition) is 0. The molecule has 0 spiro atoms. The zero-order valence-electron chi connectivity index (χ0n) is 12.9. The molecule has 0 atom stereocenters. The van der Waals surface area contributed by atoms with Gasteiger partial charge in [-0.05, 0) is 48.7 Å². The van der Waals surface area contributed by atoms with Crippen LogP contribution >= 0.6 is 23.2 Å². The Hall–Kier alpha value is -1.97. The molecule has 0 saturated heterocycles. The fraction of sp³-hybridized carbons (Fsp3) is 0.211. The van der Waals surface area contributed by atoms with Crippen LogP contribution in [0.4, 0.5) is 0 Å². The summed E-state index contributed by atoms with van der Waals surface area (Å²) in [6, 6.07) is 17.0. The second-order valence-electron chi connectivity index (χ2n) is 5.73. The molecule has 2 aromatic carbocycles. The molecule has 3 nitrogen and oxygen atoms in total. The van der Waals surface area contributed by atoms with Gasteiger partial charge in [0.25, 0.3) is 0 Å². The Morgan fingerprint density at radius 1 is 1.04 bits per heavy atom. The van der Waals surface area contributed by atoms with Crippen LogP contribution in [0.25, 0.3) is 0 Å². The highest BCUT2D eigenvalue weighted by molar-refractivity contribution is 6.56. The zero-order chi connectivity index (χ0) is 17.0. The summed E-state index contributed by atoms with van der Waals surface area (Å²) in [7, 11) is 0. The summed E-state index contributed by atoms with van der Waals surface area (Å²) in [5.74, 6) is 1.15. The standard InChI is InChI=1S/C19H16Cl2O3/c20-17(21)12-19(9-10-19)18(22)23-13-14-5-4-8-16(11-14)24-15-6-2-1-3-7-15/h1-8,11-12H,9-10,13H2. The number of para-hydroxylation sites is 1. The van der Waals surface area contributed by atoms with Crippen LogP contribution in [-0.4, -0.2) is 5.97 Å². The molecule has 0 amide bonds. The van der Waals surface area contributed by atoms with E-state index >= 15 is 0 Å². The molecule has 0 bridgehead atoms. The summed E-state index contributed by atoms with van der Waals surface area (Å²) in [4.78, 5) is 12.2. The Labute approximate surface area is 150 Å². The van der Waals surface area contributed by atoms with E-state index in [2.05, 4.69) is 0 Å². The minimum Gasteiger partial charge on any atom is -0.460 e. The van der Waals surface area contributed by atoms with Gasteiger partial charge in [0, 0.05) is 0 Å². The molecule has 1 saturated carbocycles. The molecule has 1 aliphatic rings. The molecular weight excluding hydrogens is 347 g/mol. The van der Waals surface area contributed by atoms with Crippen molar-refractivity contribution < 1.29 is 14.3 Å². The first kappa shape index (κ1) is 16.9. The topological polar surface area (TPSA) is 35.5 Å². The van der Waals surface area contributed by atoms with E-state index in [1.165, 1.54) is 0 Å². The molecule has 24 heavy (non-hydrogen) atoms. The van der Waals surface area contributed by atoms with Gasteiger partial charge in [0.05, 0.1) is 5.41 Å². The highest BCUT2D eigenvalue weighted by Crippen LogP contribution is 2.49. The number of halogens is 2. The van der Waals surface area contributed by atoms with Gasteiger partial charge in [0.2, 0.25) is 0 Å². The average molecular weight is 363 g/mol. The number of benzene rings is 2. The van der Waals surface area contributed by atoms with Crippen LogP contribution in [0.2, 0.25) is 0 Å². The normalized spacial score (nSPS) is 14.6. The number of esters is 1. The van der Waals surface area contributed by atoms with Crippen molar-refractivity contribution >= 4 is 29.2 Å². The van der Waals surface area contributed by atoms with Crippen LogP contribution in [0.15, 0.2) is 65.2 Å². The fourth-order valence-corrected chi connectivity index (χ4v) is 2.78. The number of hydrogen-bond acceptors (Lipinski definition) is 3. The monoisotopic (exact) mass is 362 g/mol. The fourth-order valence-electron chi connectivity index (χ4n) is 2.37. The van der Waals surface area contributed by atoms with Crippen molar-refractivity contribution in [2.75, 3.05) is 0 Å². The number of ether oxygens (including phenoxy) is 2. The summed E-state index contributed by atoms with van der Waals surface area (Å²) >= 11 is 11.3. The molecule has 1 aliphatic carbocycles. The van der Waals surface area contributed by atoms with Crippen LogP contribution in [0.5, 0.6) is 11.5 Å². The Balaban J connectivity index is 1.61. The van der Waals surface area contributed by atoms with Crippen molar-refractivity contribution in [2.45, 2.75) is 19.4 Å². The lowest BCUT2D eigenvalue weighted by atomic mass is 10.1. The molecule has 3 rings (SSSR count). The summed E-state index contributed by atoms with van der Waals surface area (Å²) in [5, 5.41) is 0. The smallest absolute Gasteiger partial charge is 0.316 e. The summed E-state index contributed by atoms with van der Waals surface area (Å²) in [5.41, 5.74) is 0.213. The molecule has 0 heterocycles. The first-order chi connectivity index (χ1) is 11.6. The van der Waals surface area contributed by atoms with Gasteiger partial charge in [0.15, 0.2) is 0 Å². The van der Waals surface area contributed by atoms with Crippen molar-refractivity contribution in [3.63, 3.8) is 0 Å². The van der Waals surface area contributed by atoms with Gasteiger partial charge >= 0.3 is 5.97 Å². The van der Waals surface area contributed by atoms with Gasteiger partial charge in [-0.2, -0.15) is 0 Å². The second kappa shape index (κ2) is 7.29. The quantitative estimate of drug-likeness (QED) is 0.625. The van der Waals surface area contributed by atoms with Gasteiger partial charge in [-0.1, -0.05) is 53.5 Å². The van der Waals surface area contributed by atoms with E-state index in [4.69, 9.17) is 32.7 Å². The van der Waals surface area contributed by atoms with Crippen molar-refractivity contribution in [1.29, 1.82) is 0 Å². The maximum atomic E-state index is 12.2. The molecule has 0 aromatic heterocycles. The van der Waals surface area contributed by atoms with Crippen molar-refractivity contribution in [3.8, 4) is 11.5 Å². The molecule has 0 aliphatic heterocycles. The molecule has 0 N–H and O–H groups in total. The summed E-state index contributed by atoms with van der Waals surface area (Å²) < 4.78 is 11.3. The third-order valence-electron chi connectivity index (χ3n) is 3.83. The lowest BCUT2D eigenvalue weighted by Gasteiger charge is -2.11. The zero-order valence-corrected chi connectivity index (χ0v) is 14.4. The summed E-state index contributed by atoms with van der Waals surface area (Å²) in [6.45, 7) is 0.181. The van der Waals surface area contributed by atoms with Gasteiger partial charge in [-0.15, -0.1) is 0 Å². The highest BCUT2D eigenvalue weighted by atomic mass is 35.5. The molecule has 2 aromatic rings. The Morgan fingerprint density at radius 3 is 2.42 bits per heavy atom. The largest absolute Gasteiger partial charge is 0.460 e. The molecule has 1 fully saturated rings. The van der Waals surface area contributed by atoms with Crippen molar-refractivity contribution in [2.24, 2.45) is 5.41 Å². The van der Waals surface area contributed by atoms with Gasteiger partial charge in [-0.3, -0.25) is 4.79 Å². The lowest BCUT2D eigenvalue weighted by Crippen LogP contribution is -2.17. The van der Waals surface area contributed by atoms with Crippen LogP contribution in [0.1, 0.15) is 18.4 Å². The maximum Gasteiger partial charge on any atom is 0.316 e. The van der Waals surface area contributed by atoms with Crippen molar-refractivity contribution in [1.82, 2.24) is 0 Å². The van der Waals surface area contributed by atoms with Crippen LogP contribution in [0, 0.1) is 5.41 Å². The predicted molar refractivity (Wildman–Crippen MR) is 94.2 cm³/mol. The van der Waals surface area contributed by atoms with Crippen LogP contribution in [0.3, 0.4) is 0 Å². The van der Waals surface area contributed by atoms with Gasteiger partial charge in [-0.25, -0.2) is 0 Å². The second-order valence-corrected chi connectivity index (χ2v) is 6.74. The lowest BCUT2D eigenvalue weighted by molar-refractivity contribution is -0.149. The van der Waals surface area contributed by atoms with Crippen LogP contribution < -0.4 is 4.74 Å². The first-order valence-electron chi connectivity index (χ1n) is 7.60. The SMILES string of the molecule is O=C(OCc1cccc(Oc2ccccc2)c1)C1(C=C(Cl)Cl)CC1. The Morgan fingerprint density at radius 2 is 1.75 bits per heavy atom. The van der Waals surface area contributed by atoms with E-state index in [1.807, 2.05) is 54.6 Å². The molecule has 0 radical (unpaired) electrons. The van der Waals surface area contributed by atoms with Crippen molar-refractivity contribution in [3.05, 3.63) is 70.7 Å². The van der Waals surface area contributed by atoms with E-state index in [0.717, 1.165) is 11.3 Å². The third kappa shape index (κ3) is 4.31. The maximum absolute atomic E-state index is 12.2. The van der Waals surface area contributed by atoms with E-state index in [9.17, 15) is 4.79 Å². The molecule has 124 valence electrons. The Kier molecular flexibility index (Phi) is 5.12. The molecule has 0 unspecified atom stereocenters. The van der Waals surface area contributed by atoms with Crippen LogP contribution in [-0.2, 0) is 16.1 Å². The number of rotatable bonds is 6. The number of carbonyl (C=O) groups is 1. The van der Waals surface area contributed by atoms with E-state index in [1.54, 1.807) is 6.08 Å². The first-order valence-corrected chi connectivity index (χ1v) is 8.36. The predicted octanol–water partition coefficient (Wildman–Crippen LogP) is 5.62. The average Bonchev–Trinajstić information content (AvgIpc) is 3.34. The van der Waals surface area contributed by atoms with Gasteiger partial charge < -0.3 is 9.47 Å². The van der Waals surface area contributed by atoms with E-state index in [0.29, 0.717) is 18.6 Å². The minimum absolute atomic E-state index is 0.0997. The van der Waals surface area contributed by atoms with Gasteiger partial charge in [0.1, 0.15) is 22.6 Å². The van der Waals surface area contributed by atoms with E-state index < -0.39 is 5.41 Å². The third-order valence-corrected chi connectivity index (χ3v) is 4.05. The molecule has 5 heteroatoms. The van der Waals surface area contributed by atoms with E-state index in [-0.39, 0.29) is 17.1 Å². The minimum atomic E-state index is -0.642. The Bertz CT molecular complexity index is 748. The molecular formula is C19H16Cl2O3. The number of carbonyl (C=O) groups excluding carboxylic acids is 1.